The van der Waals surface area contributed by atoms with Crippen LogP contribution in [0.1, 0.15) is 35.8 Å². The fourth-order valence-electron chi connectivity index (χ4n) is 3.60. The van der Waals surface area contributed by atoms with E-state index in [-0.39, 0.29) is 17.9 Å². The lowest BCUT2D eigenvalue weighted by Crippen LogP contribution is -2.47. The third kappa shape index (κ3) is 2.54. The zero-order valence-electron chi connectivity index (χ0n) is 14.8. The van der Waals surface area contributed by atoms with Gasteiger partial charge in [0.05, 0.1) is 11.7 Å². The van der Waals surface area contributed by atoms with Gasteiger partial charge >= 0.3 is 0 Å². The lowest BCUT2D eigenvalue weighted by molar-refractivity contribution is -0.122. The Bertz CT molecular complexity index is 992. The van der Waals surface area contributed by atoms with Crippen molar-refractivity contribution in [3.05, 3.63) is 77.9 Å². The molecule has 0 aliphatic carbocycles. The van der Waals surface area contributed by atoms with Crippen molar-refractivity contribution in [1.29, 1.82) is 0 Å². The number of amides is 2. The van der Waals surface area contributed by atoms with Crippen molar-refractivity contribution in [2.45, 2.75) is 25.9 Å². The summed E-state index contributed by atoms with van der Waals surface area (Å²) < 4.78 is 0. The molecule has 0 fully saturated rings. The molecule has 1 aliphatic heterocycles. The van der Waals surface area contributed by atoms with Crippen LogP contribution in [0.15, 0.2) is 66.7 Å². The Morgan fingerprint density at radius 3 is 2.35 bits per heavy atom. The molecule has 0 unspecified atom stereocenters. The molecule has 1 heterocycles. The summed E-state index contributed by atoms with van der Waals surface area (Å²) in [5, 5.41) is 4.96. The van der Waals surface area contributed by atoms with Crippen LogP contribution in [0, 0.1) is 0 Å². The van der Waals surface area contributed by atoms with Crippen LogP contribution in [-0.2, 0) is 4.79 Å². The molecule has 0 radical (unpaired) electrons. The molecular formula is C22H20N2O2. The summed E-state index contributed by atoms with van der Waals surface area (Å²) in [5.74, 6) is -0.286. The summed E-state index contributed by atoms with van der Waals surface area (Å²) >= 11 is 0. The highest BCUT2D eigenvalue weighted by molar-refractivity contribution is 6.26. The van der Waals surface area contributed by atoms with Gasteiger partial charge in [0.1, 0.15) is 6.04 Å². The quantitative estimate of drug-likeness (QED) is 0.776. The van der Waals surface area contributed by atoms with Crippen molar-refractivity contribution in [3.8, 4) is 0 Å². The molecule has 3 aromatic rings. The minimum Gasteiger partial charge on any atom is -0.348 e. The average molecular weight is 344 g/mol. The Morgan fingerprint density at radius 1 is 0.923 bits per heavy atom. The number of anilines is 1. The van der Waals surface area contributed by atoms with Gasteiger partial charge in [-0.2, -0.15) is 0 Å². The summed E-state index contributed by atoms with van der Waals surface area (Å²) in [6.07, 6.45) is 0. The molecule has 0 aromatic heterocycles. The van der Waals surface area contributed by atoms with Crippen molar-refractivity contribution in [1.82, 2.24) is 5.32 Å². The zero-order valence-corrected chi connectivity index (χ0v) is 14.8. The molecular weight excluding hydrogens is 324 g/mol. The molecule has 2 amide bonds. The summed E-state index contributed by atoms with van der Waals surface area (Å²) in [6, 6.07) is 20.6. The van der Waals surface area contributed by atoms with Gasteiger partial charge in [0.2, 0.25) is 5.91 Å². The number of hydrogen-bond acceptors (Lipinski definition) is 2. The molecule has 4 rings (SSSR count). The maximum Gasteiger partial charge on any atom is 0.259 e. The van der Waals surface area contributed by atoms with Gasteiger partial charge in [0, 0.05) is 10.9 Å². The van der Waals surface area contributed by atoms with E-state index >= 15 is 0 Å². The van der Waals surface area contributed by atoms with Gasteiger partial charge in [0.15, 0.2) is 0 Å². The van der Waals surface area contributed by atoms with Crippen LogP contribution in [0.5, 0.6) is 0 Å². The van der Waals surface area contributed by atoms with E-state index in [4.69, 9.17) is 0 Å². The molecule has 0 spiro atoms. The monoisotopic (exact) mass is 344 g/mol. The number of nitrogens with zero attached hydrogens (tertiary/aromatic N) is 1. The molecule has 0 saturated heterocycles. The van der Waals surface area contributed by atoms with Crippen molar-refractivity contribution < 1.29 is 9.59 Å². The molecule has 0 saturated carbocycles. The van der Waals surface area contributed by atoms with Crippen LogP contribution >= 0.6 is 0 Å². The fraction of sp³-hybridized carbons (Fsp3) is 0.182. The van der Waals surface area contributed by atoms with Crippen LogP contribution in [-0.4, -0.2) is 17.9 Å². The molecule has 1 aliphatic rings. The van der Waals surface area contributed by atoms with Gasteiger partial charge in [0.25, 0.3) is 5.91 Å². The summed E-state index contributed by atoms with van der Waals surface area (Å²) in [7, 11) is 0. The predicted molar refractivity (Wildman–Crippen MR) is 103 cm³/mol. The molecule has 4 heteroatoms. The predicted octanol–water partition coefficient (Wildman–Crippen LogP) is 4.07. The van der Waals surface area contributed by atoms with Gasteiger partial charge in [-0.15, -0.1) is 0 Å². The minimum absolute atomic E-state index is 0.119. The summed E-state index contributed by atoms with van der Waals surface area (Å²) in [5.41, 5.74) is 2.50. The number of nitrogens with one attached hydrogen (secondary N) is 1. The molecule has 3 aromatic carbocycles. The van der Waals surface area contributed by atoms with E-state index < -0.39 is 6.04 Å². The van der Waals surface area contributed by atoms with Crippen molar-refractivity contribution in [2.24, 2.45) is 0 Å². The first kappa shape index (κ1) is 16.3. The van der Waals surface area contributed by atoms with Gasteiger partial charge in [-0.25, -0.2) is 0 Å². The Morgan fingerprint density at radius 2 is 1.62 bits per heavy atom. The fourth-order valence-corrected chi connectivity index (χ4v) is 3.60. The van der Waals surface area contributed by atoms with E-state index in [1.807, 2.05) is 73.7 Å². The Labute approximate surface area is 152 Å². The standard InChI is InChI=1S/C22H20N2O2/c1-14(16-8-4-3-5-9-16)23-21(25)15(2)24-19-13-7-11-17-10-6-12-18(20(17)19)22(24)26/h3-15H,1-2H3,(H,23,25)/t14-,15+/m0/s1. The average Bonchev–Trinajstić information content (AvgIpc) is 2.96. The number of rotatable bonds is 4. The maximum atomic E-state index is 12.9. The zero-order chi connectivity index (χ0) is 18.3. The van der Waals surface area contributed by atoms with E-state index in [0.29, 0.717) is 5.56 Å². The second-order valence-electron chi connectivity index (χ2n) is 6.67. The van der Waals surface area contributed by atoms with E-state index in [9.17, 15) is 9.59 Å². The third-order valence-electron chi connectivity index (χ3n) is 5.02. The van der Waals surface area contributed by atoms with E-state index in [1.54, 1.807) is 11.8 Å². The Balaban J connectivity index is 1.61. The molecule has 26 heavy (non-hydrogen) atoms. The van der Waals surface area contributed by atoms with Crippen LogP contribution in [0.25, 0.3) is 10.8 Å². The van der Waals surface area contributed by atoms with Crippen molar-refractivity contribution in [3.63, 3.8) is 0 Å². The second-order valence-corrected chi connectivity index (χ2v) is 6.67. The Hall–Kier alpha value is -3.14. The maximum absolute atomic E-state index is 12.9. The van der Waals surface area contributed by atoms with Crippen LogP contribution < -0.4 is 10.2 Å². The largest absolute Gasteiger partial charge is 0.348 e. The molecule has 130 valence electrons. The Kier molecular flexibility index (Phi) is 3.96. The highest BCUT2D eigenvalue weighted by atomic mass is 16.2. The number of carbonyl (C=O) groups is 2. The third-order valence-corrected chi connectivity index (χ3v) is 5.02. The first-order valence-corrected chi connectivity index (χ1v) is 8.78. The smallest absolute Gasteiger partial charge is 0.259 e. The first-order valence-electron chi connectivity index (χ1n) is 8.78. The van der Waals surface area contributed by atoms with Crippen LogP contribution in [0.4, 0.5) is 5.69 Å². The van der Waals surface area contributed by atoms with E-state index in [1.165, 1.54) is 0 Å². The lowest BCUT2D eigenvalue weighted by Gasteiger charge is -2.26. The van der Waals surface area contributed by atoms with Crippen LogP contribution in [0.2, 0.25) is 0 Å². The SMILES string of the molecule is C[C@H](NC(=O)[C@@H](C)N1C(=O)c2cccc3cccc1c23)c1ccccc1. The summed E-state index contributed by atoms with van der Waals surface area (Å²) in [4.78, 5) is 27.4. The van der Waals surface area contributed by atoms with E-state index in [0.717, 1.165) is 22.0 Å². The van der Waals surface area contributed by atoms with Gasteiger partial charge < -0.3 is 5.32 Å². The molecule has 4 nitrogen and oxygen atoms in total. The first-order chi connectivity index (χ1) is 12.6. The van der Waals surface area contributed by atoms with Gasteiger partial charge in [-0.1, -0.05) is 54.6 Å². The molecule has 1 N–H and O–H groups in total. The van der Waals surface area contributed by atoms with Crippen molar-refractivity contribution >= 4 is 28.3 Å². The van der Waals surface area contributed by atoms with Gasteiger partial charge in [-0.3, -0.25) is 14.5 Å². The normalized spacial score (nSPS) is 15.2. The van der Waals surface area contributed by atoms with Crippen molar-refractivity contribution in [2.75, 3.05) is 4.90 Å². The van der Waals surface area contributed by atoms with Gasteiger partial charge in [-0.05, 0) is 36.9 Å². The molecule has 0 bridgehead atoms. The second kappa shape index (κ2) is 6.30. The number of carbonyl (C=O) groups excluding carboxylic acids is 2. The highest BCUT2D eigenvalue weighted by Gasteiger charge is 2.36. The number of hydrogen-bond donors (Lipinski definition) is 1. The number of benzene rings is 3. The van der Waals surface area contributed by atoms with Crippen LogP contribution in [0.3, 0.4) is 0 Å². The highest BCUT2D eigenvalue weighted by Crippen LogP contribution is 2.38. The van der Waals surface area contributed by atoms with E-state index in [2.05, 4.69) is 5.32 Å². The minimum atomic E-state index is -0.591. The lowest BCUT2D eigenvalue weighted by atomic mass is 10.1. The summed E-state index contributed by atoms with van der Waals surface area (Å²) in [6.45, 7) is 3.72. The topological polar surface area (TPSA) is 49.4 Å². The molecule has 2 atom stereocenters.